The maximum absolute atomic E-state index is 12.7. The summed E-state index contributed by atoms with van der Waals surface area (Å²) in [5, 5.41) is 0. The van der Waals surface area contributed by atoms with Crippen molar-refractivity contribution in [3.63, 3.8) is 0 Å². The number of carbonyl (C=O) groups excluding carboxylic acids is 1. The lowest BCUT2D eigenvalue weighted by molar-refractivity contribution is -0.137. The van der Waals surface area contributed by atoms with E-state index in [0.717, 1.165) is 18.7 Å². The van der Waals surface area contributed by atoms with Crippen LogP contribution in [0.3, 0.4) is 0 Å². The first-order valence-corrected chi connectivity index (χ1v) is 10.8. The summed E-state index contributed by atoms with van der Waals surface area (Å²) in [5.41, 5.74) is 1.03. The van der Waals surface area contributed by atoms with Crippen LogP contribution in [0.5, 0.6) is 0 Å². The van der Waals surface area contributed by atoms with Crippen molar-refractivity contribution >= 4 is 15.7 Å². The van der Waals surface area contributed by atoms with Crippen LogP contribution in [-0.2, 0) is 21.1 Å². The molecule has 2 saturated heterocycles. The summed E-state index contributed by atoms with van der Waals surface area (Å²) in [5.74, 6) is 0.818. The van der Waals surface area contributed by atoms with E-state index in [-0.39, 0.29) is 29.5 Å². The van der Waals surface area contributed by atoms with Gasteiger partial charge in [0.05, 0.1) is 17.5 Å². The highest BCUT2D eigenvalue weighted by Crippen LogP contribution is 2.28. The molecule has 0 bridgehead atoms. The van der Waals surface area contributed by atoms with E-state index in [0.29, 0.717) is 25.3 Å². The Morgan fingerprint density at radius 2 is 2.04 bits per heavy atom. The van der Waals surface area contributed by atoms with Gasteiger partial charge < -0.3 is 4.90 Å². The Morgan fingerprint density at radius 1 is 1.28 bits per heavy atom. The number of sulfone groups is 1. The predicted molar refractivity (Wildman–Crippen MR) is 96.9 cm³/mol. The van der Waals surface area contributed by atoms with E-state index in [1.54, 1.807) is 12.4 Å². The minimum atomic E-state index is -3.08. The Balaban J connectivity index is 1.68. The number of carbonyl (C=O) groups is 1. The number of rotatable bonds is 5. The molecule has 0 N–H and O–H groups in total. The monoisotopic (exact) mass is 365 g/mol. The number of nitrogens with zero attached hydrogens (tertiary/aromatic N) is 3. The van der Waals surface area contributed by atoms with Gasteiger partial charge in [-0.25, -0.2) is 8.42 Å². The largest absolute Gasteiger partial charge is 0.336 e. The van der Waals surface area contributed by atoms with Crippen LogP contribution in [0.25, 0.3) is 0 Å². The van der Waals surface area contributed by atoms with Gasteiger partial charge in [0.2, 0.25) is 5.91 Å². The van der Waals surface area contributed by atoms with Gasteiger partial charge in [-0.15, -0.1) is 0 Å². The normalized spacial score (nSPS) is 26.0. The van der Waals surface area contributed by atoms with Crippen LogP contribution in [0.2, 0.25) is 0 Å². The second-order valence-electron chi connectivity index (χ2n) is 7.55. The highest BCUT2D eigenvalue weighted by Gasteiger charge is 2.47. The van der Waals surface area contributed by atoms with Gasteiger partial charge in [-0.05, 0) is 24.0 Å². The van der Waals surface area contributed by atoms with Gasteiger partial charge in [-0.1, -0.05) is 19.9 Å². The highest BCUT2D eigenvalue weighted by molar-refractivity contribution is 7.91. The van der Waals surface area contributed by atoms with Crippen molar-refractivity contribution in [3.8, 4) is 0 Å². The number of piperazine rings is 1. The highest BCUT2D eigenvalue weighted by atomic mass is 32.2. The van der Waals surface area contributed by atoms with Gasteiger partial charge in [-0.2, -0.15) is 0 Å². The number of aromatic nitrogens is 1. The molecule has 2 atom stereocenters. The summed E-state index contributed by atoms with van der Waals surface area (Å²) in [7, 11) is -3.08. The molecule has 2 fully saturated rings. The summed E-state index contributed by atoms with van der Waals surface area (Å²) in [6.45, 7) is 6.55. The molecule has 0 aromatic carbocycles. The maximum Gasteiger partial charge on any atom is 0.223 e. The van der Waals surface area contributed by atoms with Crippen molar-refractivity contribution < 1.29 is 13.2 Å². The summed E-state index contributed by atoms with van der Waals surface area (Å²) >= 11 is 0. The molecule has 0 unspecified atom stereocenters. The van der Waals surface area contributed by atoms with E-state index >= 15 is 0 Å². The number of hydrogen-bond donors (Lipinski definition) is 0. The fourth-order valence-corrected chi connectivity index (χ4v) is 5.98. The Kier molecular flexibility index (Phi) is 5.43. The van der Waals surface area contributed by atoms with Gasteiger partial charge in [0.1, 0.15) is 0 Å². The van der Waals surface area contributed by atoms with Crippen molar-refractivity contribution in [3.05, 3.63) is 30.1 Å². The zero-order chi connectivity index (χ0) is 18.0. The molecule has 138 valence electrons. The number of fused-ring (bicyclic) bond motifs is 1. The number of hydrogen-bond acceptors (Lipinski definition) is 5. The van der Waals surface area contributed by atoms with E-state index < -0.39 is 9.84 Å². The van der Waals surface area contributed by atoms with E-state index in [9.17, 15) is 13.2 Å². The number of amides is 1. The van der Waals surface area contributed by atoms with Crippen molar-refractivity contribution in [2.24, 2.45) is 5.92 Å². The van der Waals surface area contributed by atoms with Gasteiger partial charge in [0, 0.05) is 44.5 Å². The van der Waals surface area contributed by atoms with Crippen LogP contribution in [-0.4, -0.2) is 72.3 Å². The molecular formula is C18H27N3O3S. The Bertz CT molecular complexity index is 706. The van der Waals surface area contributed by atoms with Crippen LogP contribution in [0.1, 0.15) is 25.8 Å². The van der Waals surface area contributed by atoms with Crippen LogP contribution in [0, 0.1) is 5.92 Å². The molecule has 0 saturated carbocycles. The Hall–Kier alpha value is -1.47. The molecule has 0 spiro atoms. The van der Waals surface area contributed by atoms with Gasteiger partial charge in [0.25, 0.3) is 0 Å². The average molecular weight is 365 g/mol. The first-order chi connectivity index (χ1) is 11.9. The minimum absolute atomic E-state index is 0.0523. The zero-order valence-electron chi connectivity index (χ0n) is 15.0. The molecule has 2 aliphatic rings. The Morgan fingerprint density at radius 3 is 2.72 bits per heavy atom. The van der Waals surface area contributed by atoms with Crippen LogP contribution >= 0.6 is 0 Å². The molecule has 1 aromatic rings. The molecule has 6 nitrogen and oxygen atoms in total. The van der Waals surface area contributed by atoms with Crippen LogP contribution < -0.4 is 0 Å². The lowest BCUT2D eigenvalue weighted by atomic mass is 10.0. The van der Waals surface area contributed by atoms with Gasteiger partial charge in [0.15, 0.2) is 9.84 Å². The molecule has 1 amide bonds. The van der Waals surface area contributed by atoms with E-state index in [1.807, 2.05) is 17.0 Å². The number of aryl methyl sites for hydroxylation is 1. The molecule has 2 aliphatic heterocycles. The van der Waals surface area contributed by atoms with E-state index in [1.165, 1.54) is 0 Å². The molecule has 25 heavy (non-hydrogen) atoms. The Labute approximate surface area is 150 Å². The predicted octanol–water partition coefficient (Wildman–Crippen LogP) is 0.980. The minimum Gasteiger partial charge on any atom is -0.336 e. The lowest BCUT2D eigenvalue weighted by Crippen LogP contribution is -2.61. The zero-order valence-corrected chi connectivity index (χ0v) is 15.8. The number of pyridine rings is 1. The third kappa shape index (κ3) is 4.39. The van der Waals surface area contributed by atoms with Crippen molar-refractivity contribution in [1.29, 1.82) is 0 Å². The second kappa shape index (κ2) is 7.41. The fourth-order valence-electron chi connectivity index (χ4n) is 3.97. The van der Waals surface area contributed by atoms with E-state index in [2.05, 4.69) is 23.7 Å². The maximum atomic E-state index is 12.7. The van der Waals surface area contributed by atoms with Gasteiger partial charge >= 0.3 is 0 Å². The second-order valence-corrected chi connectivity index (χ2v) is 9.70. The summed E-state index contributed by atoms with van der Waals surface area (Å²) in [4.78, 5) is 20.9. The smallest absolute Gasteiger partial charge is 0.223 e. The topological polar surface area (TPSA) is 70.6 Å². The van der Waals surface area contributed by atoms with Crippen molar-refractivity contribution in [1.82, 2.24) is 14.8 Å². The molecule has 7 heteroatoms. The van der Waals surface area contributed by atoms with E-state index in [4.69, 9.17) is 0 Å². The molecule has 1 aromatic heterocycles. The summed E-state index contributed by atoms with van der Waals surface area (Å²) in [6.07, 6.45) is 4.53. The molecule has 0 radical (unpaired) electrons. The molecule has 3 rings (SSSR count). The van der Waals surface area contributed by atoms with Crippen LogP contribution in [0.4, 0.5) is 0 Å². The molecule has 3 heterocycles. The summed E-state index contributed by atoms with van der Waals surface area (Å²) in [6, 6.07) is 3.58. The summed E-state index contributed by atoms with van der Waals surface area (Å²) < 4.78 is 24.4. The lowest BCUT2D eigenvalue weighted by Gasteiger charge is -2.44. The molecular weight excluding hydrogens is 338 g/mol. The third-order valence-corrected chi connectivity index (χ3v) is 6.76. The molecule has 0 aliphatic carbocycles. The third-order valence-electron chi connectivity index (χ3n) is 5.06. The fraction of sp³-hybridized carbons (Fsp3) is 0.667. The van der Waals surface area contributed by atoms with Crippen LogP contribution in [0.15, 0.2) is 24.5 Å². The SMILES string of the molecule is CC(C)CN1CCN(C(=O)CCc2cccnc2)[C@H]2CS(=O)(=O)C[C@H]21. The first-order valence-electron chi connectivity index (χ1n) is 8.98. The standard InChI is InChI=1S/C18H27N3O3S/c1-14(2)11-20-8-9-21(17-13-25(23,24)12-16(17)20)18(22)6-5-15-4-3-7-19-10-15/h3-4,7,10,14,16-17H,5-6,8-9,11-13H2,1-2H3/t16-,17+/m1/s1. The first kappa shape index (κ1) is 18.3. The average Bonchev–Trinajstić information content (AvgIpc) is 2.89. The quantitative estimate of drug-likeness (QED) is 0.778. The van der Waals surface area contributed by atoms with Gasteiger partial charge in [-0.3, -0.25) is 14.7 Å². The van der Waals surface area contributed by atoms with Crippen molar-refractivity contribution in [2.75, 3.05) is 31.1 Å². The van der Waals surface area contributed by atoms with Crippen molar-refractivity contribution in [2.45, 2.75) is 38.8 Å².